The zero-order valence-electron chi connectivity index (χ0n) is 14.4. The predicted octanol–water partition coefficient (Wildman–Crippen LogP) is 3.99. The molecule has 24 heavy (non-hydrogen) atoms. The van der Waals surface area contributed by atoms with Crippen molar-refractivity contribution in [1.29, 1.82) is 0 Å². The average Bonchev–Trinajstić information content (AvgIpc) is 3.11. The number of nitrogens with zero attached hydrogens (tertiary/aromatic N) is 1. The van der Waals surface area contributed by atoms with E-state index in [2.05, 4.69) is 0 Å². The highest BCUT2D eigenvalue weighted by Gasteiger charge is 2.30. The molecule has 1 unspecified atom stereocenters. The number of benzene rings is 2. The normalized spacial score (nSPS) is 17.0. The van der Waals surface area contributed by atoms with Crippen LogP contribution in [0.2, 0.25) is 0 Å². The van der Waals surface area contributed by atoms with Crippen LogP contribution in [0.3, 0.4) is 0 Å². The van der Waals surface area contributed by atoms with Crippen molar-refractivity contribution in [3.63, 3.8) is 0 Å². The second kappa shape index (κ2) is 6.95. The van der Waals surface area contributed by atoms with Gasteiger partial charge in [0, 0.05) is 12.1 Å². The molecule has 0 spiro atoms. The first-order valence-electron chi connectivity index (χ1n) is 8.23. The number of aryl methyl sites for hydroxylation is 1. The first kappa shape index (κ1) is 16.4. The Morgan fingerprint density at radius 3 is 2.50 bits per heavy atom. The monoisotopic (exact) mass is 325 g/mol. The van der Waals surface area contributed by atoms with Gasteiger partial charge in [0.15, 0.2) is 0 Å². The summed E-state index contributed by atoms with van der Waals surface area (Å²) in [6.45, 7) is 2.76. The van der Waals surface area contributed by atoms with E-state index in [1.54, 1.807) is 14.2 Å². The lowest BCUT2D eigenvalue weighted by atomic mass is 10.0. The number of rotatable bonds is 4. The van der Waals surface area contributed by atoms with E-state index in [1.807, 2.05) is 54.3 Å². The Hall–Kier alpha value is -2.49. The standard InChI is InChI=1S/C20H23NO3/c1-14-6-7-16(13-19(14)24-3)20(22)21-12-4-5-18(21)15-8-10-17(23-2)11-9-15/h6-11,13,18H,4-5,12H2,1-3H3. The highest BCUT2D eigenvalue weighted by atomic mass is 16.5. The van der Waals surface area contributed by atoms with Crippen LogP contribution in [0.1, 0.15) is 40.4 Å². The van der Waals surface area contributed by atoms with Crippen LogP contribution in [-0.4, -0.2) is 31.6 Å². The highest BCUT2D eigenvalue weighted by Crippen LogP contribution is 2.34. The maximum Gasteiger partial charge on any atom is 0.254 e. The zero-order chi connectivity index (χ0) is 17.1. The van der Waals surface area contributed by atoms with Crippen molar-refractivity contribution in [3.8, 4) is 11.5 Å². The van der Waals surface area contributed by atoms with Crippen molar-refractivity contribution < 1.29 is 14.3 Å². The summed E-state index contributed by atoms with van der Waals surface area (Å²) in [5.74, 6) is 1.64. The molecule has 1 saturated heterocycles. The van der Waals surface area contributed by atoms with Gasteiger partial charge in [-0.1, -0.05) is 18.2 Å². The number of carbonyl (C=O) groups excluding carboxylic acids is 1. The van der Waals surface area contributed by atoms with E-state index in [-0.39, 0.29) is 11.9 Å². The molecule has 4 nitrogen and oxygen atoms in total. The van der Waals surface area contributed by atoms with E-state index in [4.69, 9.17) is 9.47 Å². The van der Waals surface area contributed by atoms with Crippen molar-refractivity contribution in [1.82, 2.24) is 4.90 Å². The van der Waals surface area contributed by atoms with Gasteiger partial charge in [0.25, 0.3) is 5.91 Å². The highest BCUT2D eigenvalue weighted by molar-refractivity contribution is 5.95. The molecule has 0 aromatic heterocycles. The molecular formula is C20H23NO3. The van der Waals surface area contributed by atoms with Gasteiger partial charge in [-0.3, -0.25) is 4.79 Å². The second-order valence-electron chi connectivity index (χ2n) is 6.11. The van der Waals surface area contributed by atoms with Crippen molar-refractivity contribution in [2.75, 3.05) is 20.8 Å². The molecule has 126 valence electrons. The number of likely N-dealkylation sites (tertiary alicyclic amines) is 1. The summed E-state index contributed by atoms with van der Waals surface area (Å²) in [7, 11) is 3.29. The average molecular weight is 325 g/mol. The van der Waals surface area contributed by atoms with E-state index in [1.165, 1.54) is 0 Å². The number of ether oxygens (including phenoxy) is 2. The number of hydrogen-bond donors (Lipinski definition) is 0. The van der Waals surface area contributed by atoms with Crippen LogP contribution in [0, 0.1) is 6.92 Å². The van der Waals surface area contributed by atoms with Gasteiger partial charge in [-0.15, -0.1) is 0 Å². The third-order valence-corrected chi connectivity index (χ3v) is 4.67. The molecule has 3 rings (SSSR count). The molecule has 1 aliphatic rings. The van der Waals surface area contributed by atoms with Crippen molar-refractivity contribution in [2.24, 2.45) is 0 Å². The van der Waals surface area contributed by atoms with Gasteiger partial charge >= 0.3 is 0 Å². The van der Waals surface area contributed by atoms with Crippen LogP contribution < -0.4 is 9.47 Å². The Balaban J connectivity index is 1.85. The maximum atomic E-state index is 13.0. The fourth-order valence-electron chi connectivity index (χ4n) is 3.30. The Morgan fingerprint density at radius 1 is 1.08 bits per heavy atom. The molecule has 1 heterocycles. The summed E-state index contributed by atoms with van der Waals surface area (Å²) in [5, 5.41) is 0. The summed E-state index contributed by atoms with van der Waals surface area (Å²) in [6, 6.07) is 13.8. The molecule has 0 saturated carbocycles. The molecule has 1 atom stereocenters. The van der Waals surface area contributed by atoms with Gasteiger partial charge in [-0.2, -0.15) is 0 Å². The predicted molar refractivity (Wildman–Crippen MR) is 93.7 cm³/mol. The minimum atomic E-state index is 0.0617. The first-order valence-corrected chi connectivity index (χ1v) is 8.23. The second-order valence-corrected chi connectivity index (χ2v) is 6.11. The lowest BCUT2D eigenvalue weighted by Crippen LogP contribution is -2.30. The Morgan fingerprint density at radius 2 is 1.83 bits per heavy atom. The zero-order valence-corrected chi connectivity index (χ0v) is 14.4. The maximum absolute atomic E-state index is 13.0. The molecule has 1 aliphatic heterocycles. The molecule has 1 amide bonds. The summed E-state index contributed by atoms with van der Waals surface area (Å²) in [5.41, 5.74) is 2.86. The third kappa shape index (κ3) is 3.09. The molecule has 1 fully saturated rings. The fraction of sp³-hybridized carbons (Fsp3) is 0.350. The number of hydrogen-bond acceptors (Lipinski definition) is 3. The quantitative estimate of drug-likeness (QED) is 0.853. The fourth-order valence-corrected chi connectivity index (χ4v) is 3.30. The third-order valence-electron chi connectivity index (χ3n) is 4.67. The topological polar surface area (TPSA) is 38.8 Å². The van der Waals surface area contributed by atoms with Crippen LogP contribution in [-0.2, 0) is 0 Å². The number of carbonyl (C=O) groups is 1. The van der Waals surface area contributed by atoms with Gasteiger partial charge in [-0.25, -0.2) is 0 Å². The summed E-state index contributed by atoms with van der Waals surface area (Å²) >= 11 is 0. The molecule has 0 N–H and O–H groups in total. The van der Waals surface area contributed by atoms with Gasteiger partial charge < -0.3 is 14.4 Å². The van der Waals surface area contributed by atoms with E-state index >= 15 is 0 Å². The summed E-state index contributed by atoms with van der Waals surface area (Å²) < 4.78 is 10.6. The van der Waals surface area contributed by atoms with Gasteiger partial charge in [-0.05, 0) is 55.2 Å². The Bertz CT molecular complexity index is 724. The molecular weight excluding hydrogens is 302 g/mol. The minimum absolute atomic E-state index is 0.0617. The number of amides is 1. The van der Waals surface area contributed by atoms with Gasteiger partial charge in [0.2, 0.25) is 0 Å². The smallest absolute Gasteiger partial charge is 0.254 e. The largest absolute Gasteiger partial charge is 0.497 e. The SMILES string of the molecule is COc1ccc(C2CCCN2C(=O)c2ccc(C)c(OC)c2)cc1. The molecule has 2 aromatic carbocycles. The van der Waals surface area contributed by atoms with Crippen molar-refractivity contribution >= 4 is 5.91 Å². The van der Waals surface area contributed by atoms with Crippen LogP contribution >= 0.6 is 0 Å². The van der Waals surface area contributed by atoms with E-state index in [9.17, 15) is 4.79 Å². The summed E-state index contributed by atoms with van der Waals surface area (Å²) in [6.07, 6.45) is 2.01. The Kier molecular flexibility index (Phi) is 4.74. The van der Waals surface area contributed by atoms with Gasteiger partial charge in [0.05, 0.1) is 20.3 Å². The molecule has 0 radical (unpaired) electrons. The molecule has 0 aliphatic carbocycles. The lowest BCUT2D eigenvalue weighted by Gasteiger charge is -2.25. The van der Waals surface area contributed by atoms with E-state index in [0.717, 1.165) is 42.0 Å². The van der Waals surface area contributed by atoms with Crippen LogP contribution in [0.15, 0.2) is 42.5 Å². The number of methoxy groups -OCH3 is 2. The first-order chi connectivity index (χ1) is 11.6. The van der Waals surface area contributed by atoms with Gasteiger partial charge in [0.1, 0.15) is 11.5 Å². The molecule has 2 aromatic rings. The van der Waals surface area contributed by atoms with E-state index < -0.39 is 0 Å². The van der Waals surface area contributed by atoms with Crippen molar-refractivity contribution in [3.05, 3.63) is 59.2 Å². The van der Waals surface area contributed by atoms with Crippen LogP contribution in [0.25, 0.3) is 0 Å². The lowest BCUT2D eigenvalue weighted by molar-refractivity contribution is 0.0735. The van der Waals surface area contributed by atoms with Crippen LogP contribution in [0.5, 0.6) is 11.5 Å². The molecule has 4 heteroatoms. The van der Waals surface area contributed by atoms with Crippen molar-refractivity contribution in [2.45, 2.75) is 25.8 Å². The van der Waals surface area contributed by atoms with Crippen LogP contribution in [0.4, 0.5) is 0 Å². The van der Waals surface area contributed by atoms with E-state index in [0.29, 0.717) is 5.56 Å². The molecule has 0 bridgehead atoms. The summed E-state index contributed by atoms with van der Waals surface area (Å²) in [4.78, 5) is 14.9. The minimum Gasteiger partial charge on any atom is -0.497 e. The Labute approximate surface area is 143 Å².